The van der Waals surface area contributed by atoms with Crippen LogP contribution in [0, 0.1) is 18.3 Å². The van der Waals surface area contributed by atoms with Gasteiger partial charge in [0.1, 0.15) is 5.69 Å². The van der Waals surface area contributed by atoms with E-state index in [4.69, 9.17) is 0 Å². The molecule has 0 radical (unpaired) electrons. The predicted molar refractivity (Wildman–Crippen MR) is 103 cm³/mol. The molecule has 3 aliphatic rings. The van der Waals surface area contributed by atoms with Gasteiger partial charge in [0.15, 0.2) is 0 Å². The Kier molecular flexibility index (Phi) is 5.24. The minimum absolute atomic E-state index is 0.0524. The van der Waals surface area contributed by atoms with E-state index in [1.165, 1.54) is 32.1 Å². The zero-order valence-electron chi connectivity index (χ0n) is 16.5. The van der Waals surface area contributed by atoms with E-state index in [0.717, 1.165) is 50.4 Å². The average Bonchev–Trinajstić information content (AvgIpc) is 3.31. The molecular formula is C21H32N4O2. The highest BCUT2D eigenvalue weighted by Crippen LogP contribution is 2.41. The third-order valence-electron chi connectivity index (χ3n) is 6.92. The molecule has 0 aromatic carbocycles. The Morgan fingerprint density at radius 1 is 1.22 bits per heavy atom. The van der Waals surface area contributed by atoms with E-state index in [2.05, 4.69) is 15.1 Å². The van der Waals surface area contributed by atoms with Gasteiger partial charge in [-0.3, -0.25) is 14.7 Å². The van der Waals surface area contributed by atoms with Crippen LogP contribution in [0.3, 0.4) is 0 Å². The number of hydrogen-bond acceptors (Lipinski definition) is 3. The number of carbonyl (C=O) groups is 2. The molecule has 1 saturated carbocycles. The molecule has 2 saturated heterocycles. The summed E-state index contributed by atoms with van der Waals surface area (Å²) in [6, 6.07) is 1.78. The number of hydrogen-bond donors (Lipinski definition) is 1. The van der Waals surface area contributed by atoms with Crippen molar-refractivity contribution in [1.82, 2.24) is 20.0 Å². The lowest BCUT2D eigenvalue weighted by molar-refractivity contribution is -0.145. The fraction of sp³-hybridized carbons (Fsp3) is 0.762. The Morgan fingerprint density at radius 3 is 2.78 bits per heavy atom. The van der Waals surface area contributed by atoms with E-state index in [9.17, 15) is 9.59 Å². The summed E-state index contributed by atoms with van der Waals surface area (Å²) in [6.45, 7) is 4.89. The smallest absolute Gasteiger partial charge is 0.274 e. The average molecular weight is 373 g/mol. The lowest BCUT2D eigenvalue weighted by atomic mass is 9.78. The van der Waals surface area contributed by atoms with Crippen molar-refractivity contribution in [3.63, 3.8) is 0 Å². The number of likely N-dealkylation sites (tertiary alicyclic amines) is 2. The van der Waals surface area contributed by atoms with Crippen molar-refractivity contribution in [2.45, 2.75) is 64.7 Å². The van der Waals surface area contributed by atoms with Gasteiger partial charge in [-0.2, -0.15) is 5.10 Å². The predicted octanol–water partition coefficient (Wildman–Crippen LogP) is 3.14. The summed E-state index contributed by atoms with van der Waals surface area (Å²) in [4.78, 5) is 30.0. The number of rotatable bonds is 4. The first-order valence-corrected chi connectivity index (χ1v) is 10.7. The van der Waals surface area contributed by atoms with Crippen LogP contribution in [0.15, 0.2) is 6.07 Å². The van der Waals surface area contributed by atoms with Crippen LogP contribution < -0.4 is 0 Å². The SMILES string of the molecule is Cc1cc(C(=O)N2CCC3(CCCN(CCC4CCCCC4)C3=O)C2)n[nH]1. The monoisotopic (exact) mass is 372 g/mol. The molecule has 1 aromatic heterocycles. The summed E-state index contributed by atoms with van der Waals surface area (Å²) in [6.07, 6.45) is 10.7. The van der Waals surface area contributed by atoms with Crippen LogP contribution in [0.1, 0.15) is 74.0 Å². The van der Waals surface area contributed by atoms with Gasteiger partial charge in [-0.15, -0.1) is 0 Å². The molecule has 0 bridgehead atoms. The molecule has 148 valence electrons. The Morgan fingerprint density at radius 2 is 2.04 bits per heavy atom. The van der Waals surface area contributed by atoms with Gasteiger partial charge >= 0.3 is 0 Å². The molecule has 2 amide bonds. The van der Waals surface area contributed by atoms with Crippen LogP contribution >= 0.6 is 0 Å². The third kappa shape index (κ3) is 3.76. The van der Waals surface area contributed by atoms with Gasteiger partial charge in [0, 0.05) is 31.9 Å². The zero-order chi connectivity index (χ0) is 18.9. The lowest BCUT2D eigenvalue weighted by Crippen LogP contribution is -2.50. The van der Waals surface area contributed by atoms with Gasteiger partial charge in [-0.25, -0.2) is 0 Å². The highest BCUT2D eigenvalue weighted by Gasteiger charge is 2.49. The molecule has 27 heavy (non-hydrogen) atoms. The van der Waals surface area contributed by atoms with E-state index < -0.39 is 0 Å². The van der Waals surface area contributed by atoms with E-state index in [1.807, 2.05) is 11.8 Å². The van der Waals surface area contributed by atoms with Crippen molar-refractivity contribution >= 4 is 11.8 Å². The number of amides is 2. The van der Waals surface area contributed by atoms with Crippen molar-refractivity contribution in [1.29, 1.82) is 0 Å². The second-order valence-electron chi connectivity index (χ2n) is 8.88. The fourth-order valence-electron chi connectivity index (χ4n) is 5.29. The van der Waals surface area contributed by atoms with Gasteiger partial charge in [0.25, 0.3) is 5.91 Å². The van der Waals surface area contributed by atoms with Crippen LogP contribution in [0.25, 0.3) is 0 Å². The zero-order valence-corrected chi connectivity index (χ0v) is 16.5. The van der Waals surface area contributed by atoms with Crippen molar-refractivity contribution < 1.29 is 9.59 Å². The second kappa shape index (κ2) is 7.64. The Balaban J connectivity index is 1.37. The molecule has 1 unspecified atom stereocenters. The van der Waals surface area contributed by atoms with Crippen LogP contribution in [0.5, 0.6) is 0 Å². The molecule has 1 spiro atoms. The molecule has 3 heterocycles. The Bertz CT molecular complexity index is 694. The van der Waals surface area contributed by atoms with Crippen molar-refractivity contribution in [2.75, 3.05) is 26.2 Å². The van der Waals surface area contributed by atoms with Gasteiger partial charge in [-0.1, -0.05) is 32.1 Å². The van der Waals surface area contributed by atoms with E-state index in [-0.39, 0.29) is 17.2 Å². The van der Waals surface area contributed by atoms with Crippen LogP contribution in [0.4, 0.5) is 0 Å². The Hall–Kier alpha value is -1.85. The van der Waals surface area contributed by atoms with Crippen molar-refractivity contribution in [2.24, 2.45) is 11.3 Å². The highest BCUT2D eigenvalue weighted by molar-refractivity contribution is 5.94. The number of piperidine rings is 1. The number of aryl methyl sites for hydroxylation is 1. The lowest BCUT2D eigenvalue weighted by Gasteiger charge is -2.40. The first-order chi connectivity index (χ1) is 13.1. The maximum Gasteiger partial charge on any atom is 0.274 e. The van der Waals surface area contributed by atoms with Gasteiger partial charge in [0.05, 0.1) is 5.41 Å². The number of nitrogens with zero attached hydrogens (tertiary/aromatic N) is 3. The van der Waals surface area contributed by atoms with Gasteiger partial charge < -0.3 is 9.80 Å². The molecule has 1 atom stereocenters. The van der Waals surface area contributed by atoms with Crippen LogP contribution in [0.2, 0.25) is 0 Å². The van der Waals surface area contributed by atoms with Crippen molar-refractivity contribution in [3.8, 4) is 0 Å². The van der Waals surface area contributed by atoms with E-state index >= 15 is 0 Å². The van der Waals surface area contributed by atoms with E-state index in [0.29, 0.717) is 18.8 Å². The first-order valence-electron chi connectivity index (χ1n) is 10.7. The topological polar surface area (TPSA) is 69.3 Å². The quantitative estimate of drug-likeness (QED) is 0.883. The fourth-order valence-corrected chi connectivity index (χ4v) is 5.29. The van der Waals surface area contributed by atoms with E-state index in [1.54, 1.807) is 6.07 Å². The maximum atomic E-state index is 13.3. The molecule has 4 rings (SSSR count). The molecule has 6 heteroatoms. The minimum Gasteiger partial charge on any atom is -0.342 e. The summed E-state index contributed by atoms with van der Waals surface area (Å²) < 4.78 is 0. The molecule has 1 N–H and O–H groups in total. The van der Waals surface area contributed by atoms with Crippen LogP contribution in [-0.2, 0) is 4.79 Å². The number of carbonyl (C=O) groups excluding carboxylic acids is 2. The number of H-pyrrole nitrogens is 1. The summed E-state index contributed by atoms with van der Waals surface area (Å²) in [5.41, 5.74) is 0.989. The van der Waals surface area contributed by atoms with Gasteiger partial charge in [-0.05, 0) is 44.6 Å². The van der Waals surface area contributed by atoms with Crippen LogP contribution in [-0.4, -0.2) is 58.0 Å². The molecular weight excluding hydrogens is 340 g/mol. The Labute approximate surface area is 161 Å². The third-order valence-corrected chi connectivity index (χ3v) is 6.92. The molecule has 1 aromatic rings. The minimum atomic E-state index is -0.355. The number of nitrogens with one attached hydrogen (secondary N) is 1. The molecule has 1 aliphatic carbocycles. The highest BCUT2D eigenvalue weighted by atomic mass is 16.2. The maximum absolute atomic E-state index is 13.3. The largest absolute Gasteiger partial charge is 0.342 e. The van der Waals surface area contributed by atoms with Gasteiger partial charge in [0.2, 0.25) is 5.91 Å². The summed E-state index contributed by atoms with van der Waals surface area (Å²) in [7, 11) is 0. The number of aromatic amines is 1. The second-order valence-corrected chi connectivity index (χ2v) is 8.88. The summed E-state index contributed by atoms with van der Waals surface area (Å²) in [5, 5.41) is 6.93. The molecule has 3 fully saturated rings. The summed E-state index contributed by atoms with van der Waals surface area (Å²) in [5.74, 6) is 1.04. The number of aromatic nitrogens is 2. The molecule has 2 aliphatic heterocycles. The summed E-state index contributed by atoms with van der Waals surface area (Å²) >= 11 is 0. The normalized spacial score (nSPS) is 26.9. The standard InChI is InChI=1S/C21H32N4O2/c1-16-14-18(23-22-16)19(26)25-13-10-21(15-25)9-5-11-24(20(21)27)12-8-17-6-3-2-4-7-17/h14,17H,2-13,15H2,1H3,(H,22,23). The molecule has 6 nitrogen and oxygen atoms in total. The van der Waals surface area contributed by atoms with Crippen molar-refractivity contribution in [3.05, 3.63) is 17.5 Å². The first kappa shape index (κ1) is 18.5.